The zero-order valence-corrected chi connectivity index (χ0v) is 17.8. The molecular formula is C25H40O3. The Morgan fingerprint density at radius 3 is 1.82 bits per heavy atom. The molecule has 0 bridgehead atoms. The van der Waals surface area contributed by atoms with Crippen LogP contribution in [0.1, 0.15) is 102 Å². The molecule has 0 aromatic heterocycles. The molecule has 0 unspecified atom stereocenters. The van der Waals surface area contributed by atoms with Gasteiger partial charge in [0.05, 0.1) is 0 Å². The number of rotatable bonds is 17. The van der Waals surface area contributed by atoms with E-state index in [1.54, 1.807) is 0 Å². The smallest absolute Gasteiger partial charge is 0.137 e. The standard InChI is InChI=1S/C25H40O3/c1-2-3-4-5-6-7-8-9-10-11-12-13-14-15-16-17-23(26)18-22-19-24(27)21-25(28)20-22/h9-10,19-21,27-28H,2-8,11-18H2,1H3/b10-9+. The van der Waals surface area contributed by atoms with Crippen molar-refractivity contribution in [3.63, 3.8) is 0 Å². The predicted octanol–water partition coefficient (Wildman–Crippen LogP) is 7.25. The first-order chi connectivity index (χ1) is 13.6. The molecule has 0 aliphatic heterocycles. The molecule has 0 aliphatic rings. The Labute approximate surface area is 171 Å². The van der Waals surface area contributed by atoms with E-state index in [4.69, 9.17) is 0 Å². The normalized spacial score (nSPS) is 11.3. The molecule has 0 saturated carbocycles. The zero-order chi connectivity index (χ0) is 20.5. The zero-order valence-electron chi connectivity index (χ0n) is 17.8. The lowest BCUT2D eigenvalue weighted by Gasteiger charge is -2.04. The topological polar surface area (TPSA) is 57.5 Å². The lowest BCUT2D eigenvalue weighted by atomic mass is 10.0. The van der Waals surface area contributed by atoms with Gasteiger partial charge in [-0.25, -0.2) is 0 Å². The van der Waals surface area contributed by atoms with E-state index in [0.717, 1.165) is 12.8 Å². The van der Waals surface area contributed by atoms with Crippen molar-refractivity contribution in [1.29, 1.82) is 0 Å². The lowest BCUT2D eigenvalue weighted by molar-refractivity contribution is -0.118. The Hall–Kier alpha value is -1.77. The highest BCUT2D eigenvalue weighted by Crippen LogP contribution is 2.21. The summed E-state index contributed by atoms with van der Waals surface area (Å²) in [7, 11) is 0. The fraction of sp³-hybridized carbons (Fsp3) is 0.640. The Kier molecular flexibility index (Phi) is 14.0. The minimum absolute atomic E-state index is 0.00354. The highest BCUT2D eigenvalue weighted by atomic mass is 16.3. The molecule has 2 N–H and O–H groups in total. The van der Waals surface area contributed by atoms with Gasteiger partial charge in [-0.3, -0.25) is 4.79 Å². The maximum Gasteiger partial charge on any atom is 0.137 e. The number of carbonyl (C=O) groups excluding carboxylic acids is 1. The van der Waals surface area contributed by atoms with E-state index in [2.05, 4.69) is 19.1 Å². The summed E-state index contributed by atoms with van der Waals surface area (Å²) < 4.78 is 0. The van der Waals surface area contributed by atoms with Crippen molar-refractivity contribution in [2.24, 2.45) is 0 Å². The van der Waals surface area contributed by atoms with Crippen LogP contribution in [0.15, 0.2) is 30.4 Å². The van der Waals surface area contributed by atoms with Crippen molar-refractivity contribution >= 4 is 5.78 Å². The summed E-state index contributed by atoms with van der Waals surface area (Å²) in [5.41, 5.74) is 0.676. The molecule has 1 aromatic rings. The van der Waals surface area contributed by atoms with Gasteiger partial charge in [0.15, 0.2) is 0 Å². The van der Waals surface area contributed by atoms with Gasteiger partial charge in [0, 0.05) is 18.9 Å². The molecule has 158 valence electrons. The summed E-state index contributed by atoms with van der Waals surface area (Å²) in [6.45, 7) is 2.26. The highest BCUT2D eigenvalue weighted by Gasteiger charge is 2.06. The largest absolute Gasteiger partial charge is 0.508 e. The van der Waals surface area contributed by atoms with E-state index >= 15 is 0 Å². The average molecular weight is 389 g/mol. The van der Waals surface area contributed by atoms with Gasteiger partial charge in [0.1, 0.15) is 17.3 Å². The average Bonchev–Trinajstić information content (AvgIpc) is 2.64. The molecule has 0 atom stereocenters. The van der Waals surface area contributed by atoms with Crippen molar-refractivity contribution in [2.75, 3.05) is 0 Å². The molecule has 3 heteroatoms. The van der Waals surface area contributed by atoms with Gasteiger partial charge in [-0.05, 0) is 49.8 Å². The van der Waals surface area contributed by atoms with Crippen LogP contribution >= 0.6 is 0 Å². The molecule has 0 radical (unpaired) electrons. The van der Waals surface area contributed by atoms with Crippen molar-refractivity contribution in [1.82, 2.24) is 0 Å². The molecule has 28 heavy (non-hydrogen) atoms. The van der Waals surface area contributed by atoms with E-state index < -0.39 is 0 Å². The molecule has 1 aromatic carbocycles. The predicted molar refractivity (Wildman–Crippen MR) is 118 cm³/mol. The molecule has 0 spiro atoms. The van der Waals surface area contributed by atoms with Crippen LogP contribution in [0.2, 0.25) is 0 Å². The number of ketones is 1. The molecular weight excluding hydrogens is 348 g/mol. The number of phenolic OH excluding ortho intramolecular Hbond substituents is 2. The fourth-order valence-corrected chi connectivity index (χ4v) is 3.47. The molecule has 0 heterocycles. The third-order valence-corrected chi connectivity index (χ3v) is 5.08. The molecule has 0 saturated heterocycles. The molecule has 0 fully saturated rings. The first kappa shape index (κ1) is 24.3. The summed E-state index contributed by atoms with van der Waals surface area (Å²) in [5.74, 6) is 0.176. The first-order valence-electron chi connectivity index (χ1n) is 11.3. The second kappa shape index (κ2) is 16.2. The van der Waals surface area contributed by atoms with Crippen LogP contribution < -0.4 is 0 Å². The number of hydrogen-bond acceptors (Lipinski definition) is 3. The maximum absolute atomic E-state index is 12.0. The lowest BCUT2D eigenvalue weighted by Crippen LogP contribution is -2.02. The van der Waals surface area contributed by atoms with Gasteiger partial charge in [-0.1, -0.05) is 70.4 Å². The number of aromatic hydroxyl groups is 2. The Bertz CT molecular complexity index is 543. The molecule has 0 aliphatic carbocycles. The Balaban J connectivity index is 1.92. The first-order valence-corrected chi connectivity index (χ1v) is 11.3. The van der Waals surface area contributed by atoms with E-state index in [9.17, 15) is 15.0 Å². The third-order valence-electron chi connectivity index (χ3n) is 5.08. The molecule has 1 rings (SSSR count). The molecule has 3 nitrogen and oxygen atoms in total. The van der Waals surface area contributed by atoms with E-state index in [1.165, 1.54) is 88.8 Å². The van der Waals surface area contributed by atoms with Crippen molar-refractivity contribution in [2.45, 2.75) is 103 Å². The van der Waals surface area contributed by atoms with Crippen molar-refractivity contribution < 1.29 is 15.0 Å². The SMILES string of the molecule is CCCCCCCC/C=C/CCCCCCCC(=O)Cc1cc(O)cc(O)c1. The third kappa shape index (κ3) is 13.4. The van der Waals surface area contributed by atoms with Gasteiger partial charge < -0.3 is 10.2 Å². The van der Waals surface area contributed by atoms with Crippen molar-refractivity contribution in [3.05, 3.63) is 35.9 Å². The number of hydrogen-bond donors (Lipinski definition) is 2. The number of unbranched alkanes of at least 4 members (excludes halogenated alkanes) is 11. The summed E-state index contributed by atoms with van der Waals surface area (Å²) in [4.78, 5) is 12.0. The van der Waals surface area contributed by atoms with Gasteiger partial charge in [-0.15, -0.1) is 0 Å². The number of phenols is 2. The fourth-order valence-electron chi connectivity index (χ4n) is 3.47. The highest BCUT2D eigenvalue weighted by molar-refractivity contribution is 5.81. The monoisotopic (exact) mass is 388 g/mol. The number of allylic oxidation sites excluding steroid dienone is 2. The van der Waals surface area contributed by atoms with Crippen LogP contribution in [0.25, 0.3) is 0 Å². The van der Waals surface area contributed by atoms with Crippen LogP contribution in [0.3, 0.4) is 0 Å². The van der Waals surface area contributed by atoms with Crippen LogP contribution in [0.4, 0.5) is 0 Å². The summed E-state index contributed by atoms with van der Waals surface area (Å²) >= 11 is 0. The summed E-state index contributed by atoms with van der Waals surface area (Å²) in [6.07, 6.45) is 21.8. The van der Waals surface area contributed by atoms with Crippen LogP contribution in [-0.4, -0.2) is 16.0 Å². The van der Waals surface area contributed by atoms with E-state index in [0.29, 0.717) is 12.0 Å². The van der Waals surface area contributed by atoms with E-state index in [1.807, 2.05) is 0 Å². The minimum Gasteiger partial charge on any atom is -0.508 e. The second-order valence-electron chi connectivity index (χ2n) is 7.91. The number of carbonyl (C=O) groups is 1. The van der Waals surface area contributed by atoms with Crippen molar-refractivity contribution in [3.8, 4) is 11.5 Å². The Morgan fingerprint density at radius 2 is 1.25 bits per heavy atom. The van der Waals surface area contributed by atoms with Gasteiger partial charge >= 0.3 is 0 Å². The summed E-state index contributed by atoms with van der Waals surface area (Å²) in [6, 6.07) is 4.35. The number of Topliss-reactive ketones (excluding diaryl/α,β-unsaturated/α-hetero) is 1. The van der Waals surface area contributed by atoms with Crippen LogP contribution in [0.5, 0.6) is 11.5 Å². The van der Waals surface area contributed by atoms with Gasteiger partial charge in [0.25, 0.3) is 0 Å². The molecule has 0 amide bonds. The Morgan fingerprint density at radius 1 is 0.750 bits per heavy atom. The van der Waals surface area contributed by atoms with Crippen LogP contribution in [0, 0.1) is 0 Å². The van der Waals surface area contributed by atoms with E-state index in [-0.39, 0.29) is 23.7 Å². The second-order valence-corrected chi connectivity index (χ2v) is 7.91. The summed E-state index contributed by atoms with van der Waals surface area (Å²) in [5, 5.41) is 18.9. The van der Waals surface area contributed by atoms with Gasteiger partial charge in [-0.2, -0.15) is 0 Å². The quantitative estimate of drug-likeness (QED) is 0.218. The van der Waals surface area contributed by atoms with Gasteiger partial charge in [0.2, 0.25) is 0 Å². The minimum atomic E-state index is 0.00354. The van der Waals surface area contributed by atoms with Crippen LogP contribution in [-0.2, 0) is 11.2 Å². The maximum atomic E-state index is 12.0. The number of benzene rings is 1.